The van der Waals surface area contributed by atoms with Crippen LogP contribution in [0.25, 0.3) is 16.9 Å². The topological polar surface area (TPSA) is 67.2 Å². The molecule has 0 radical (unpaired) electrons. The van der Waals surface area contributed by atoms with E-state index in [0.29, 0.717) is 23.5 Å². The Hall–Kier alpha value is -4.07. The molecule has 1 aromatic heterocycles. The monoisotopic (exact) mass is 493 g/mol. The number of hydrogen-bond acceptors (Lipinski definition) is 3. The summed E-state index contributed by atoms with van der Waals surface area (Å²) in [5.74, 6) is -1.03. The number of carbonyl (C=O) groups is 1. The number of carboxylic acids is 1. The molecule has 2 N–H and O–H groups in total. The third kappa shape index (κ3) is 5.59. The molecular formula is C28H26F3N3O2. The molecule has 0 aliphatic carbocycles. The number of anilines is 1. The van der Waals surface area contributed by atoms with Crippen molar-refractivity contribution in [3.05, 3.63) is 101 Å². The maximum Gasteiger partial charge on any atom is 0.416 e. The average molecular weight is 494 g/mol. The number of benzene rings is 3. The summed E-state index contributed by atoms with van der Waals surface area (Å²) < 4.78 is 40.5. The molecule has 0 spiro atoms. The van der Waals surface area contributed by atoms with Gasteiger partial charge in [-0.3, -0.25) is 0 Å². The Bertz CT molecular complexity index is 1350. The molecule has 0 fully saturated rings. The van der Waals surface area contributed by atoms with E-state index in [1.165, 1.54) is 34.5 Å². The fraction of sp³-hybridized carbons (Fsp3) is 0.214. The van der Waals surface area contributed by atoms with E-state index in [-0.39, 0.29) is 11.0 Å². The predicted molar refractivity (Wildman–Crippen MR) is 133 cm³/mol. The van der Waals surface area contributed by atoms with E-state index in [1.54, 1.807) is 18.3 Å². The zero-order chi connectivity index (χ0) is 26.1. The van der Waals surface area contributed by atoms with Crippen molar-refractivity contribution in [2.45, 2.75) is 38.9 Å². The second-order valence-electron chi connectivity index (χ2n) is 9.56. The highest BCUT2D eigenvalue weighted by Gasteiger charge is 2.30. The van der Waals surface area contributed by atoms with Crippen LogP contribution in [0.5, 0.6) is 0 Å². The molecule has 8 heteroatoms. The first-order chi connectivity index (χ1) is 16.9. The fourth-order valence-corrected chi connectivity index (χ4v) is 3.77. The Labute approximate surface area is 207 Å². The van der Waals surface area contributed by atoms with Crippen molar-refractivity contribution in [2.24, 2.45) is 0 Å². The molecule has 0 saturated heterocycles. The van der Waals surface area contributed by atoms with Gasteiger partial charge in [-0.15, -0.1) is 0 Å². The van der Waals surface area contributed by atoms with E-state index in [0.717, 1.165) is 23.4 Å². The van der Waals surface area contributed by atoms with Crippen LogP contribution in [-0.2, 0) is 18.1 Å². The molecule has 0 saturated carbocycles. The molecule has 36 heavy (non-hydrogen) atoms. The van der Waals surface area contributed by atoms with E-state index in [1.807, 2.05) is 12.1 Å². The number of carboxylic acid groups (broad SMARTS) is 1. The van der Waals surface area contributed by atoms with Crippen LogP contribution >= 0.6 is 0 Å². The molecule has 4 rings (SSSR count). The molecule has 3 aromatic carbocycles. The molecule has 0 unspecified atom stereocenters. The van der Waals surface area contributed by atoms with Gasteiger partial charge in [0.1, 0.15) is 0 Å². The zero-order valence-corrected chi connectivity index (χ0v) is 20.1. The maximum atomic E-state index is 13.0. The zero-order valence-electron chi connectivity index (χ0n) is 20.1. The third-order valence-electron chi connectivity index (χ3n) is 5.89. The van der Waals surface area contributed by atoms with Crippen molar-refractivity contribution < 1.29 is 23.1 Å². The molecule has 0 aliphatic rings. The summed E-state index contributed by atoms with van der Waals surface area (Å²) in [6, 6.07) is 19.3. The van der Waals surface area contributed by atoms with Crippen molar-refractivity contribution in [3.63, 3.8) is 0 Å². The second kappa shape index (κ2) is 9.53. The number of alkyl halides is 3. The van der Waals surface area contributed by atoms with Crippen molar-refractivity contribution in [2.75, 3.05) is 5.32 Å². The van der Waals surface area contributed by atoms with Crippen LogP contribution in [0.4, 0.5) is 18.9 Å². The normalized spacial score (nSPS) is 11.9. The van der Waals surface area contributed by atoms with Crippen LogP contribution in [-0.4, -0.2) is 20.9 Å². The van der Waals surface area contributed by atoms with Crippen molar-refractivity contribution in [1.82, 2.24) is 9.78 Å². The molecule has 0 bridgehead atoms. The van der Waals surface area contributed by atoms with Gasteiger partial charge in [0, 0.05) is 29.6 Å². The van der Waals surface area contributed by atoms with Crippen LogP contribution in [0.3, 0.4) is 0 Å². The van der Waals surface area contributed by atoms with Crippen molar-refractivity contribution in [1.29, 1.82) is 0 Å². The minimum atomic E-state index is -4.42. The second-order valence-corrected chi connectivity index (χ2v) is 9.56. The van der Waals surface area contributed by atoms with Crippen LogP contribution in [0.2, 0.25) is 0 Å². The lowest BCUT2D eigenvalue weighted by molar-refractivity contribution is -0.137. The lowest BCUT2D eigenvalue weighted by Gasteiger charge is -2.19. The Morgan fingerprint density at radius 2 is 1.47 bits per heavy atom. The summed E-state index contributed by atoms with van der Waals surface area (Å²) in [5.41, 5.74) is 4.17. The number of rotatable bonds is 6. The number of aromatic nitrogens is 2. The number of nitrogens with zero attached hydrogens (tertiary/aromatic N) is 2. The Morgan fingerprint density at radius 1 is 0.889 bits per heavy atom. The van der Waals surface area contributed by atoms with Crippen LogP contribution in [0.15, 0.2) is 79.0 Å². The van der Waals surface area contributed by atoms with Gasteiger partial charge >= 0.3 is 12.1 Å². The molecule has 1 heterocycles. The van der Waals surface area contributed by atoms with Crippen LogP contribution < -0.4 is 5.32 Å². The lowest BCUT2D eigenvalue weighted by Crippen LogP contribution is -2.10. The lowest BCUT2D eigenvalue weighted by atomic mass is 9.87. The standard InChI is InChI=1S/C28H26F3N3O2/c1-27(2,3)21-8-12-23(13-9-21)32-16-20-17-34(24-14-10-22(11-15-24)28(29,30)31)33-25(20)18-4-6-19(7-5-18)26(35)36/h4-15,17,32H,16H2,1-3H3,(H,35,36). The number of halogens is 3. The van der Waals surface area contributed by atoms with Gasteiger partial charge < -0.3 is 10.4 Å². The van der Waals surface area contributed by atoms with Gasteiger partial charge in [-0.1, -0.05) is 45.0 Å². The highest BCUT2D eigenvalue weighted by molar-refractivity contribution is 5.88. The smallest absolute Gasteiger partial charge is 0.416 e. The maximum absolute atomic E-state index is 13.0. The largest absolute Gasteiger partial charge is 0.478 e. The number of aromatic carboxylic acids is 1. The summed E-state index contributed by atoms with van der Waals surface area (Å²) in [4.78, 5) is 11.2. The van der Waals surface area contributed by atoms with Gasteiger partial charge in [0.15, 0.2) is 0 Å². The van der Waals surface area contributed by atoms with Gasteiger partial charge in [-0.25, -0.2) is 9.48 Å². The molecule has 4 aromatic rings. The quantitative estimate of drug-likeness (QED) is 0.299. The van der Waals surface area contributed by atoms with Gasteiger partial charge in [0.2, 0.25) is 0 Å². The third-order valence-corrected chi connectivity index (χ3v) is 5.89. The van der Waals surface area contributed by atoms with E-state index in [9.17, 15) is 23.1 Å². The molecule has 5 nitrogen and oxygen atoms in total. The van der Waals surface area contributed by atoms with Crippen molar-refractivity contribution >= 4 is 11.7 Å². The van der Waals surface area contributed by atoms with Gasteiger partial charge in [-0.2, -0.15) is 18.3 Å². The SMILES string of the molecule is CC(C)(C)c1ccc(NCc2cn(-c3ccc(C(F)(F)F)cc3)nc2-c2ccc(C(=O)O)cc2)cc1. The summed E-state index contributed by atoms with van der Waals surface area (Å²) >= 11 is 0. The Kier molecular flexibility index (Phi) is 6.63. The number of hydrogen-bond donors (Lipinski definition) is 2. The number of nitrogens with one attached hydrogen (secondary N) is 1. The fourth-order valence-electron chi connectivity index (χ4n) is 3.77. The first-order valence-corrected chi connectivity index (χ1v) is 11.4. The van der Waals surface area contributed by atoms with Crippen LogP contribution in [0, 0.1) is 0 Å². The first-order valence-electron chi connectivity index (χ1n) is 11.4. The first kappa shape index (κ1) is 25.0. The highest BCUT2D eigenvalue weighted by Crippen LogP contribution is 2.31. The van der Waals surface area contributed by atoms with Gasteiger partial charge in [0.25, 0.3) is 0 Å². The molecular weight excluding hydrogens is 467 g/mol. The summed E-state index contributed by atoms with van der Waals surface area (Å²) in [7, 11) is 0. The minimum Gasteiger partial charge on any atom is -0.478 e. The van der Waals surface area contributed by atoms with E-state index < -0.39 is 17.7 Å². The predicted octanol–water partition coefficient (Wildman–Crippen LogP) is 7.17. The summed E-state index contributed by atoms with van der Waals surface area (Å²) in [6.07, 6.45) is -2.66. The summed E-state index contributed by atoms with van der Waals surface area (Å²) in [6.45, 7) is 6.85. The molecule has 0 amide bonds. The highest BCUT2D eigenvalue weighted by atomic mass is 19.4. The Balaban J connectivity index is 1.66. The van der Waals surface area contributed by atoms with E-state index in [4.69, 9.17) is 0 Å². The van der Waals surface area contributed by atoms with E-state index >= 15 is 0 Å². The Morgan fingerprint density at radius 3 is 2.00 bits per heavy atom. The van der Waals surface area contributed by atoms with Crippen LogP contribution in [0.1, 0.15) is 47.8 Å². The average Bonchev–Trinajstić information content (AvgIpc) is 3.26. The minimum absolute atomic E-state index is 0.0383. The van der Waals surface area contributed by atoms with Crippen molar-refractivity contribution in [3.8, 4) is 16.9 Å². The molecule has 186 valence electrons. The molecule has 0 aliphatic heterocycles. The molecule has 0 atom stereocenters. The van der Waals surface area contributed by atoms with Gasteiger partial charge in [0.05, 0.1) is 22.5 Å². The summed E-state index contributed by atoms with van der Waals surface area (Å²) in [5, 5.41) is 17.2. The van der Waals surface area contributed by atoms with Gasteiger partial charge in [-0.05, 0) is 59.5 Å². The van der Waals surface area contributed by atoms with E-state index in [2.05, 4.69) is 43.3 Å².